The van der Waals surface area contributed by atoms with Gasteiger partial charge in [-0.05, 0) is 39.5 Å². The smallest absolute Gasteiger partial charge is 0.340 e. The quantitative estimate of drug-likeness (QED) is 0.630. The average molecular weight is 391 g/mol. The number of ether oxygens (including phenoxy) is 1. The molecule has 2 N–H and O–H groups in total. The molecule has 0 spiro atoms. The lowest BCUT2D eigenvalue weighted by Gasteiger charge is -2.08. The van der Waals surface area contributed by atoms with Crippen LogP contribution in [0.4, 0.5) is 5.69 Å². The van der Waals surface area contributed by atoms with Crippen molar-refractivity contribution in [3.8, 4) is 0 Å². The van der Waals surface area contributed by atoms with Crippen LogP contribution >= 0.6 is 43.2 Å². The van der Waals surface area contributed by atoms with Crippen LogP contribution in [0.25, 0.3) is 0 Å². The molecule has 6 heteroatoms. The largest absolute Gasteiger partial charge is 0.456 e. The minimum atomic E-state index is -0.428. The predicted octanol–water partition coefficient (Wildman–Crippen LogP) is 4.21. The fraction of sp³-hybridized carbons (Fsp3) is 0.0833. The third kappa shape index (κ3) is 3.13. The molecule has 0 saturated heterocycles. The van der Waals surface area contributed by atoms with E-state index in [2.05, 4.69) is 31.9 Å². The summed E-state index contributed by atoms with van der Waals surface area (Å²) in [6.07, 6.45) is 0. The van der Waals surface area contributed by atoms with Crippen molar-refractivity contribution in [2.45, 2.75) is 6.61 Å². The molecule has 0 fully saturated rings. The van der Waals surface area contributed by atoms with Crippen molar-refractivity contribution in [3.63, 3.8) is 0 Å². The number of hydrogen-bond acceptors (Lipinski definition) is 4. The molecule has 3 nitrogen and oxygen atoms in total. The summed E-state index contributed by atoms with van der Waals surface area (Å²) < 4.78 is 6.65. The van der Waals surface area contributed by atoms with Crippen molar-refractivity contribution in [2.24, 2.45) is 0 Å². The number of esters is 1. The Balaban J connectivity index is 2.14. The van der Waals surface area contributed by atoms with E-state index in [-0.39, 0.29) is 6.61 Å². The van der Waals surface area contributed by atoms with Crippen molar-refractivity contribution in [1.29, 1.82) is 0 Å². The molecule has 1 aromatic heterocycles. The summed E-state index contributed by atoms with van der Waals surface area (Å²) in [7, 11) is 0. The van der Waals surface area contributed by atoms with Gasteiger partial charge >= 0.3 is 5.97 Å². The average Bonchev–Trinajstić information content (AvgIpc) is 2.83. The Hall–Kier alpha value is -0.850. The van der Waals surface area contributed by atoms with E-state index in [1.807, 2.05) is 17.5 Å². The molecular formula is C12H9Br2NO2S. The topological polar surface area (TPSA) is 52.3 Å². The molecule has 1 aromatic carbocycles. The normalized spacial score (nSPS) is 10.3. The summed E-state index contributed by atoms with van der Waals surface area (Å²) in [5.41, 5.74) is 6.57. The maximum Gasteiger partial charge on any atom is 0.340 e. The zero-order valence-corrected chi connectivity index (χ0v) is 13.1. The Morgan fingerprint density at radius 2 is 2.17 bits per heavy atom. The maximum absolute atomic E-state index is 11.9. The van der Waals surface area contributed by atoms with E-state index in [9.17, 15) is 4.79 Å². The van der Waals surface area contributed by atoms with Crippen molar-refractivity contribution in [3.05, 3.63) is 49.0 Å². The molecule has 0 amide bonds. The zero-order chi connectivity index (χ0) is 13.1. The second-order valence-corrected chi connectivity index (χ2v) is 6.31. The summed E-state index contributed by atoms with van der Waals surface area (Å²) in [6, 6.07) is 7.26. The summed E-state index contributed by atoms with van der Waals surface area (Å²) >= 11 is 8.15. The molecule has 0 bridgehead atoms. The molecule has 94 valence electrons. The van der Waals surface area contributed by atoms with Crippen LogP contribution in [0, 0.1) is 0 Å². The van der Waals surface area contributed by atoms with E-state index in [1.54, 1.807) is 23.5 Å². The second-order valence-electron chi connectivity index (χ2n) is 3.50. The number of carbonyl (C=O) groups excluding carboxylic acids is 1. The Labute approximate surface area is 125 Å². The molecule has 0 unspecified atom stereocenters. The summed E-state index contributed by atoms with van der Waals surface area (Å²) in [6.45, 7) is 0.264. The SMILES string of the molecule is Nc1c(Br)cc(Br)cc1C(=O)OCc1cccs1. The summed E-state index contributed by atoms with van der Waals surface area (Å²) in [4.78, 5) is 12.9. The molecule has 0 atom stereocenters. The number of thiophene rings is 1. The predicted molar refractivity (Wildman–Crippen MR) is 79.7 cm³/mol. The fourth-order valence-electron chi connectivity index (χ4n) is 1.36. The van der Waals surface area contributed by atoms with E-state index in [0.717, 1.165) is 9.35 Å². The van der Waals surface area contributed by atoms with E-state index in [0.29, 0.717) is 15.7 Å². The first-order valence-electron chi connectivity index (χ1n) is 5.02. The van der Waals surface area contributed by atoms with Crippen molar-refractivity contribution in [2.75, 3.05) is 5.73 Å². The standard InChI is InChI=1S/C12H9Br2NO2S/c13-7-4-9(11(15)10(14)5-7)12(16)17-6-8-2-1-3-18-8/h1-5H,6,15H2. The lowest BCUT2D eigenvalue weighted by atomic mass is 10.2. The van der Waals surface area contributed by atoms with Crippen molar-refractivity contribution in [1.82, 2.24) is 0 Å². The number of nitrogens with two attached hydrogens (primary N) is 1. The van der Waals surface area contributed by atoms with E-state index in [4.69, 9.17) is 10.5 Å². The highest BCUT2D eigenvalue weighted by Crippen LogP contribution is 2.29. The molecule has 0 radical (unpaired) electrons. The van der Waals surface area contributed by atoms with Gasteiger partial charge in [0.25, 0.3) is 0 Å². The van der Waals surface area contributed by atoms with Gasteiger partial charge < -0.3 is 10.5 Å². The Kier molecular flexibility index (Phi) is 4.42. The monoisotopic (exact) mass is 389 g/mol. The molecule has 0 aliphatic heterocycles. The summed E-state index contributed by atoms with van der Waals surface area (Å²) in [5.74, 6) is -0.428. The van der Waals surface area contributed by atoms with Crippen LogP contribution in [0.5, 0.6) is 0 Å². The van der Waals surface area contributed by atoms with Gasteiger partial charge in [0.05, 0.1) is 11.3 Å². The molecule has 0 aliphatic carbocycles. The molecule has 1 heterocycles. The molecule has 0 aliphatic rings. The second kappa shape index (κ2) is 5.86. The molecular weight excluding hydrogens is 382 g/mol. The number of benzene rings is 1. The lowest BCUT2D eigenvalue weighted by Crippen LogP contribution is -2.08. The Bertz CT molecular complexity index is 570. The number of rotatable bonds is 3. The Morgan fingerprint density at radius 1 is 1.39 bits per heavy atom. The van der Waals surface area contributed by atoms with Gasteiger partial charge in [-0.3, -0.25) is 0 Å². The van der Waals surface area contributed by atoms with E-state index < -0.39 is 5.97 Å². The van der Waals surface area contributed by atoms with Gasteiger partial charge in [0, 0.05) is 13.8 Å². The number of halogens is 2. The van der Waals surface area contributed by atoms with Crippen molar-refractivity contribution >= 4 is 54.9 Å². The zero-order valence-electron chi connectivity index (χ0n) is 9.15. The maximum atomic E-state index is 11.9. The van der Waals surface area contributed by atoms with Gasteiger partial charge in [0.1, 0.15) is 6.61 Å². The third-order valence-electron chi connectivity index (χ3n) is 2.24. The first kappa shape index (κ1) is 13.6. The lowest BCUT2D eigenvalue weighted by molar-refractivity contribution is 0.0478. The molecule has 2 rings (SSSR count). The number of carbonyl (C=O) groups is 1. The van der Waals surface area contributed by atoms with E-state index in [1.165, 1.54) is 0 Å². The Morgan fingerprint density at radius 3 is 2.83 bits per heavy atom. The van der Waals surface area contributed by atoms with Crippen molar-refractivity contribution < 1.29 is 9.53 Å². The summed E-state index contributed by atoms with van der Waals surface area (Å²) in [5, 5.41) is 1.94. The van der Waals surface area contributed by atoms with Crippen LogP contribution in [0.1, 0.15) is 15.2 Å². The van der Waals surface area contributed by atoms with Crippen LogP contribution < -0.4 is 5.73 Å². The van der Waals surface area contributed by atoms with Gasteiger partial charge in [0.2, 0.25) is 0 Å². The van der Waals surface area contributed by atoms with Gasteiger partial charge in [-0.25, -0.2) is 4.79 Å². The van der Waals surface area contributed by atoms with Gasteiger partial charge in [-0.1, -0.05) is 22.0 Å². The number of anilines is 1. The minimum Gasteiger partial charge on any atom is -0.456 e. The number of nitrogen functional groups attached to an aromatic ring is 1. The molecule has 0 saturated carbocycles. The third-order valence-corrected chi connectivity index (χ3v) is 4.20. The minimum absolute atomic E-state index is 0.264. The van der Waals surface area contributed by atoms with E-state index >= 15 is 0 Å². The fourth-order valence-corrected chi connectivity index (χ4v) is 3.20. The van der Waals surface area contributed by atoms with Crippen LogP contribution in [0.2, 0.25) is 0 Å². The highest BCUT2D eigenvalue weighted by atomic mass is 79.9. The van der Waals surface area contributed by atoms with Gasteiger partial charge in [-0.2, -0.15) is 0 Å². The van der Waals surface area contributed by atoms with Gasteiger partial charge in [0.15, 0.2) is 0 Å². The van der Waals surface area contributed by atoms with Gasteiger partial charge in [-0.15, -0.1) is 11.3 Å². The highest BCUT2D eigenvalue weighted by molar-refractivity contribution is 9.11. The molecule has 18 heavy (non-hydrogen) atoms. The first-order chi connectivity index (χ1) is 8.58. The van der Waals surface area contributed by atoms with Crippen LogP contribution in [-0.4, -0.2) is 5.97 Å². The highest BCUT2D eigenvalue weighted by Gasteiger charge is 2.15. The molecule has 2 aromatic rings. The number of hydrogen-bond donors (Lipinski definition) is 1. The van der Waals surface area contributed by atoms with Crippen LogP contribution in [0.3, 0.4) is 0 Å². The van der Waals surface area contributed by atoms with Crippen LogP contribution in [-0.2, 0) is 11.3 Å². The van der Waals surface area contributed by atoms with Crippen LogP contribution in [0.15, 0.2) is 38.6 Å². The first-order valence-corrected chi connectivity index (χ1v) is 7.48.